The minimum absolute atomic E-state index is 0. The number of nitrogens with zero attached hydrogens (tertiary/aromatic N) is 1. The molecule has 0 aliphatic heterocycles. The predicted octanol–water partition coefficient (Wildman–Crippen LogP) is 2.33. The number of nitrogens with one attached hydrogen (secondary N) is 3. The van der Waals surface area contributed by atoms with Crippen molar-refractivity contribution in [2.24, 2.45) is 4.99 Å². The summed E-state index contributed by atoms with van der Waals surface area (Å²) in [5.74, 6) is 2.17. The molecule has 0 radical (unpaired) electrons. The number of guanidine groups is 1. The lowest BCUT2D eigenvalue weighted by atomic mass is 10.1. The molecule has 1 aromatic rings. The van der Waals surface area contributed by atoms with Crippen LogP contribution in [0.1, 0.15) is 32.3 Å². The molecule has 0 aliphatic carbocycles. The van der Waals surface area contributed by atoms with Crippen LogP contribution in [0.5, 0.6) is 11.5 Å². The van der Waals surface area contributed by atoms with E-state index in [1.165, 1.54) is 0 Å². The van der Waals surface area contributed by atoms with E-state index in [0.29, 0.717) is 25.5 Å². The average molecular weight is 492 g/mol. The summed E-state index contributed by atoms with van der Waals surface area (Å²) in [4.78, 5) is 15.9. The van der Waals surface area contributed by atoms with Crippen LogP contribution in [-0.4, -0.2) is 52.3 Å². The van der Waals surface area contributed by atoms with Crippen molar-refractivity contribution in [1.29, 1.82) is 0 Å². The quantitative estimate of drug-likeness (QED) is 0.265. The Morgan fingerprint density at radius 3 is 2.41 bits per heavy atom. The molecule has 7 nitrogen and oxygen atoms in total. The molecule has 0 saturated heterocycles. The van der Waals surface area contributed by atoms with Gasteiger partial charge < -0.3 is 25.4 Å². The molecule has 1 unspecified atom stereocenters. The van der Waals surface area contributed by atoms with Crippen molar-refractivity contribution in [1.82, 2.24) is 16.0 Å². The maximum absolute atomic E-state index is 11.8. The molecule has 0 fully saturated rings. The van der Waals surface area contributed by atoms with Crippen molar-refractivity contribution in [3.63, 3.8) is 0 Å². The summed E-state index contributed by atoms with van der Waals surface area (Å²) in [6.07, 6.45) is 2.16. The highest BCUT2D eigenvalue weighted by molar-refractivity contribution is 14.0. The summed E-state index contributed by atoms with van der Waals surface area (Å²) < 4.78 is 10.6. The van der Waals surface area contributed by atoms with Gasteiger partial charge in [-0.15, -0.1) is 24.0 Å². The first-order valence-electron chi connectivity index (χ1n) is 8.98. The van der Waals surface area contributed by atoms with Gasteiger partial charge in [0.25, 0.3) is 0 Å². The topological polar surface area (TPSA) is 84.0 Å². The second-order valence-corrected chi connectivity index (χ2v) is 5.99. The zero-order valence-electron chi connectivity index (χ0n) is 16.9. The van der Waals surface area contributed by atoms with Crippen molar-refractivity contribution in [3.05, 3.63) is 23.8 Å². The van der Waals surface area contributed by atoms with Crippen molar-refractivity contribution in [2.75, 3.05) is 34.4 Å². The van der Waals surface area contributed by atoms with E-state index in [0.717, 1.165) is 29.9 Å². The molecule has 154 valence electrons. The van der Waals surface area contributed by atoms with Crippen LogP contribution in [0, 0.1) is 0 Å². The molecule has 1 atom stereocenters. The van der Waals surface area contributed by atoms with Gasteiger partial charge in [-0.1, -0.05) is 13.0 Å². The molecule has 0 aliphatic rings. The van der Waals surface area contributed by atoms with Gasteiger partial charge in [0.05, 0.1) is 14.2 Å². The first-order chi connectivity index (χ1) is 12.5. The zero-order chi connectivity index (χ0) is 19.4. The summed E-state index contributed by atoms with van der Waals surface area (Å²) >= 11 is 0. The molecule has 27 heavy (non-hydrogen) atoms. The van der Waals surface area contributed by atoms with Gasteiger partial charge in [0.1, 0.15) is 0 Å². The normalized spacial score (nSPS) is 11.8. The Morgan fingerprint density at radius 2 is 1.81 bits per heavy atom. The van der Waals surface area contributed by atoms with Crippen LogP contribution in [-0.2, 0) is 11.2 Å². The van der Waals surface area contributed by atoms with Gasteiger partial charge in [-0.05, 0) is 37.5 Å². The van der Waals surface area contributed by atoms with Crippen LogP contribution in [0.15, 0.2) is 23.2 Å². The number of ether oxygens (including phenoxy) is 2. The van der Waals surface area contributed by atoms with E-state index in [1.807, 2.05) is 32.0 Å². The first-order valence-corrected chi connectivity index (χ1v) is 8.98. The number of carbonyl (C=O) groups is 1. The highest BCUT2D eigenvalue weighted by atomic mass is 127. The highest BCUT2D eigenvalue weighted by Crippen LogP contribution is 2.27. The van der Waals surface area contributed by atoms with Crippen LogP contribution in [0.4, 0.5) is 0 Å². The molecule has 1 rings (SSSR count). The summed E-state index contributed by atoms with van der Waals surface area (Å²) in [6, 6.07) is 6.09. The Kier molecular flexibility index (Phi) is 13.5. The number of aliphatic imine (C=N–C) groups is 1. The van der Waals surface area contributed by atoms with E-state index in [4.69, 9.17) is 9.47 Å². The van der Waals surface area contributed by atoms with Gasteiger partial charge in [0.15, 0.2) is 17.5 Å². The van der Waals surface area contributed by atoms with Gasteiger partial charge in [0, 0.05) is 32.6 Å². The number of carbonyl (C=O) groups excluding carboxylic acids is 1. The third-order valence-corrected chi connectivity index (χ3v) is 4.04. The van der Waals surface area contributed by atoms with Crippen LogP contribution in [0.25, 0.3) is 0 Å². The highest BCUT2D eigenvalue weighted by Gasteiger charge is 2.07. The largest absolute Gasteiger partial charge is 0.493 e. The van der Waals surface area contributed by atoms with Gasteiger partial charge in [0.2, 0.25) is 5.91 Å². The first kappa shape index (κ1) is 25.3. The molecule has 1 aromatic carbocycles. The molecule has 0 aromatic heterocycles. The maximum Gasteiger partial charge on any atom is 0.221 e. The Balaban J connectivity index is 0.00000676. The van der Waals surface area contributed by atoms with Gasteiger partial charge in [-0.3, -0.25) is 9.79 Å². The summed E-state index contributed by atoms with van der Waals surface area (Å²) in [5.41, 5.74) is 1.14. The van der Waals surface area contributed by atoms with Gasteiger partial charge in [-0.25, -0.2) is 0 Å². The average Bonchev–Trinajstić information content (AvgIpc) is 2.66. The molecule has 3 N–H and O–H groups in total. The van der Waals surface area contributed by atoms with Crippen LogP contribution < -0.4 is 25.4 Å². The third-order valence-electron chi connectivity index (χ3n) is 4.04. The minimum atomic E-state index is 0. The number of hydrogen-bond donors (Lipinski definition) is 3. The fraction of sp³-hybridized carbons (Fsp3) is 0.579. The Labute approximate surface area is 179 Å². The summed E-state index contributed by atoms with van der Waals surface area (Å²) in [6.45, 7) is 5.31. The van der Waals surface area contributed by atoms with Crippen molar-refractivity contribution in [2.45, 2.75) is 39.2 Å². The number of benzene rings is 1. The van der Waals surface area contributed by atoms with E-state index in [9.17, 15) is 4.79 Å². The van der Waals surface area contributed by atoms with Gasteiger partial charge in [-0.2, -0.15) is 0 Å². The number of amides is 1. The maximum atomic E-state index is 11.8. The number of halogens is 1. The van der Waals surface area contributed by atoms with Crippen LogP contribution in [0.2, 0.25) is 0 Å². The van der Waals surface area contributed by atoms with E-state index in [2.05, 4.69) is 20.9 Å². The van der Waals surface area contributed by atoms with Crippen LogP contribution in [0.3, 0.4) is 0 Å². The number of rotatable bonds is 10. The molecule has 8 heteroatoms. The summed E-state index contributed by atoms with van der Waals surface area (Å²) in [7, 11) is 4.96. The lowest BCUT2D eigenvalue weighted by Crippen LogP contribution is -2.41. The Hall–Kier alpha value is -1.71. The molecule has 0 spiro atoms. The van der Waals surface area contributed by atoms with E-state index in [-0.39, 0.29) is 35.9 Å². The SMILES string of the molecule is CCC(C)NC(=O)CCNC(=NC)NCCc1ccc(OC)c(OC)c1.I. The van der Waals surface area contributed by atoms with Crippen molar-refractivity contribution >= 4 is 35.8 Å². The standard InChI is InChI=1S/C19H32N4O3.HI/c1-6-14(2)23-18(24)10-12-22-19(20-3)21-11-9-15-7-8-16(25-4)17(13-15)26-5;/h7-8,13-14H,6,9-12H2,1-5H3,(H,23,24)(H2,20,21,22);1H. The minimum Gasteiger partial charge on any atom is -0.493 e. The fourth-order valence-electron chi connectivity index (χ4n) is 2.33. The Bertz CT molecular complexity index is 596. The fourth-order valence-corrected chi connectivity index (χ4v) is 2.33. The smallest absolute Gasteiger partial charge is 0.221 e. The van der Waals surface area contributed by atoms with E-state index in [1.54, 1.807) is 21.3 Å². The zero-order valence-corrected chi connectivity index (χ0v) is 19.3. The second-order valence-electron chi connectivity index (χ2n) is 5.99. The molecule has 1 amide bonds. The predicted molar refractivity (Wildman–Crippen MR) is 121 cm³/mol. The third kappa shape index (κ3) is 9.69. The van der Waals surface area contributed by atoms with Crippen LogP contribution >= 0.6 is 24.0 Å². The number of methoxy groups -OCH3 is 2. The van der Waals surface area contributed by atoms with Crippen molar-refractivity contribution < 1.29 is 14.3 Å². The summed E-state index contributed by atoms with van der Waals surface area (Å²) in [5, 5.41) is 9.34. The molecular formula is C19H33IN4O3. The lowest BCUT2D eigenvalue weighted by Gasteiger charge is -2.14. The molecule has 0 saturated carbocycles. The monoisotopic (exact) mass is 492 g/mol. The lowest BCUT2D eigenvalue weighted by molar-refractivity contribution is -0.121. The van der Waals surface area contributed by atoms with E-state index < -0.39 is 0 Å². The molecular weight excluding hydrogens is 459 g/mol. The van der Waals surface area contributed by atoms with E-state index >= 15 is 0 Å². The van der Waals surface area contributed by atoms with Gasteiger partial charge >= 0.3 is 0 Å². The Morgan fingerprint density at radius 1 is 1.15 bits per heavy atom. The second kappa shape index (κ2) is 14.4. The number of hydrogen-bond acceptors (Lipinski definition) is 4. The molecule has 0 heterocycles. The molecule has 0 bridgehead atoms. The van der Waals surface area contributed by atoms with Crippen molar-refractivity contribution in [3.8, 4) is 11.5 Å².